The number of nitrogen functional groups attached to an aromatic ring is 2. The highest BCUT2D eigenvalue weighted by atomic mass is 35.5. The summed E-state index contributed by atoms with van der Waals surface area (Å²) >= 11 is 6.87. The van der Waals surface area contributed by atoms with Crippen LogP contribution >= 0.6 is 11.6 Å². The van der Waals surface area contributed by atoms with E-state index in [2.05, 4.69) is 73.6 Å². The van der Waals surface area contributed by atoms with Crippen molar-refractivity contribution in [3.05, 3.63) is 56.6 Å². The summed E-state index contributed by atoms with van der Waals surface area (Å²) in [5.41, 5.74) is 21.9. The van der Waals surface area contributed by atoms with Crippen LogP contribution in [0.3, 0.4) is 0 Å². The SMILES string of the molecule is CC(C)c1cc(Cc2cc(C(C)C)c(N)c(C(C)C)c2Cl)cc(C(C)C)c1N. The normalized spacial score (nSPS) is 12.0. The summed E-state index contributed by atoms with van der Waals surface area (Å²) in [6, 6.07) is 6.71. The molecule has 0 aliphatic rings. The highest BCUT2D eigenvalue weighted by molar-refractivity contribution is 6.32. The molecule has 0 radical (unpaired) electrons. The van der Waals surface area contributed by atoms with Crippen molar-refractivity contribution in [3.8, 4) is 0 Å². The van der Waals surface area contributed by atoms with E-state index in [1.807, 2.05) is 0 Å². The Morgan fingerprint density at radius 2 is 1.11 bits per heavy atom. The van der Waals surface area contributed by atoms with Crippen LogP contribution in [0.2, 0.25) is 5.02 Å². The van der Waals surface area contributed by atoms with Crippen molar-refractivity contribution < 1.29 is 0 Å². The maximum absolute atomic E-state index is 6.87. The van der Waals surface area contributed by atoms with Gasteiger partial charge in [0.1, 0.15) is 0 Å². The lowest BCUT2D eigenvalue weighted by molar-refractivity contribution is 0.829. The first kappa shape index (κ1) is 22.6. The van der Waals surface area contributed by atoms with Crippen molar-refractivity contribution in [1.82, 2.24) is 0 Å². The van der Waals surface area contributed by atoms with Gasteiger partial charge in [0, 0.05) is 16.4 Å². The predicted octanol–water partition coefficient (Wildman–Crippen LogP) is 7.59. The molecule has 3 heteroatoms. The van der Waals surface area contributed by atoms with Crippen molar-refractivity contribution in [1.29, 1.82) is 0 Å². The maximum atomic E-state index is 6.87. The third-order valence-electron chi connectivity index (χ3n) is 5.59. The van der Waals surface area contributed by atoms with Crippen molar-refractivity contribution in [2.24, 2.45) is 0 Å². The molecule has 2 rings (SSSR count). The van der Waals surface area contributed by atoms with Gasteiger partial charge in [0.25, 0.3) is 0 Å². The lowest BCUT2D eigenvalue weighted by Gasteiger charge is -2.22. The second kappa shape index (κ2) is 8.78. The minimum Gasteiger partial charge on any atom is -0.398 e. The zero-order valence-electron chi connectivity index (χ0n) is 18.8. The Kier molecular flexibility index (Phi) is 7.09. The highest BCUT2D eigenvalue weighted by Crippen LogP contribution is 2.40. The van der Waals surface area contributed by atoms with Gasteiger partial charge >= 0.3 is 0 Å². The van der Waals surface area contributed by atoms with Crippen LogP contribution in [0.1, 0.15) is 112 Å². The first-order chi connectivity index (χ1) is 13.0. The zero-order chi connectivity index (χ0) is 21.3. The van der Waals surface area contributed by atoms with E-state index in [1.54, 1.807) is 0 Å². The maximum Gasteiger partial charge on any atom is 0.0496 e. The van der Waals surface area contributed by atoms with Crippen molar-refractivity contribution in [2.45, 2.75) is 85.5 Å². The first-order valence-electron chi connectivity index (χ1n) is 10.5. The molecule has 0 saturated carbocycles. The molecule has 154 valence electrons. The van der Waals surface area contributed by atoms with Crippen LogP contribution in [-0.4, -0.2) is 0 Å². The molecule has 0 fully saturated rings. The summed E-state index contributed by atoms with van der Waals surface area (Å²) in [5.74, 6) is 1.42. The summed E-state index contributed by atoms with van der Waals surface area (Å²) in [6.45, 7) is 17.5. The molecule has 0 heterocycles. The number of benzene rings is 2. The molecule has 0 unspecified atom stereocenters. The van der Waals surface area contributed by atoms with Crippen LogP contribution in [0.5, 0.6) is 0 Å². The topological polar surface area (TPSA) is 52.0 Å². The monoisotopic (exact) mass is 400 g/mol. The van der Waals surface area contributed by atoms with Crippen LogP contribution in [0, 0.1) is 0 Å². The smallest absolute Gasteiger partial charge is 0.0496 e. The Morgan fingerprint density at radius 3 is 1.50 bits per heavy atom. The summed E-state index contributed by atoms with van der Waals surface area (Å²) in [5, 5.41) is 0.811. The Bertz CT molecular complexity index is 819. The number of rotatable bonds is 6. The number of nitrogens with two attached hydrogens (primary N) is 2. The lowest BCUT2D eigenvalue weighted by Crippen LogP contribution is -2.08. The van der Waals surface area contributed by atoms with Crippen LogP contribution in [0.15, 0.2) is 18.2 Å². The third kappa shape index (κ3) is 4.49. The molecule has 0 bridgehead atoms. The molecule has 2 nitrogen and oxygen atoms in total. The average Bonchev–Trinajstić information content (AvgIpc) is 2.57. The molecular weight excluding hydrogens is 364 g/mol. The second-order valence-corrected chi connectivity index (χ2v) is 9.63. The Labute approximate surface area is 176 Å². The molecule has 2 aromatic rings. The van der Waals surface area contributed by atoms with Gasteiger partial charge in [-0.3, -0.25) is 0 Å². The predicted molar refractivity (Wildman–Crippen MR) is 126 cm³/mol. The fraction of sp³-hybridized carbons (Fsp3) is 0.520. The minimum absolute atomic E-state index is 0.286. The van der Waals surface area contributed by atoms with E-state index in [0.29, 0.717) is 17.8 Å². The molecule has 28 heavy (non-hydrogen) atoms. The van der Waals surface area contributed by atoms with E-state index in [0.717, 1.165) is 33.9 Å². The molecule has 0 amide bonds. The minimum atomic E-state index is 0.286. The third-order valence-corrected chi connectivity index (χ3v) is 6.04. The lowest BCUT2D eigenvalue weighted by atomic mass is 9.86. The second-order valence-electron chi connectivity index (χ2n) is 9.25. The highest BCUT2D eigenvalue weighted by Gasteiger charge is 2.20. The van der Waals surface area contributed by atoms with Gasteiger partial charge < -0.3 is 11.5 Å². The molecule has 2 aromatic carbocycles. The van der Waals surface area contributed by atoms with Gasteiger partial charge in [-0.2, -0.15) is 0 Å². The number of halogens is 1. The van der Waals surface area contributed by atoms with Crippen LogP contribution in [0.4, 0.5) is 11.4 Å². The van der Waals surface area contributed by atoms with Gasteiger partial charge in [-0.15, -0.1) is 0 Å². The van der Waals surface area contributed by atoms with Gasteiger partial charge in [0.15, 0.2) is 0 Å². The van der Waals surface area contributed by atoms with Crippen molar-refractivity contribution in [3.63, 3.8) is 0 Å². The van der Waals surface area contributed by atoms with Gasteiger partial charge in [0.2, 0.25) is 0 Å². The van der Waals surface area contributed by atoms with E-state index in [-0.39, 0.29) is 5.92 Å². The molecule has 0 aromatic heterocycles. The van der Waals surface area contributed by atoms with Crippen molar-refractivity contribution in [2.75, 3.05) is 11.5 Å². The Morgan fingerprint density at radius 1 is 0.679 bits per heavy atom. The van der Waals surface area contributed by atoms with Gasteiger partial charge in [0.05, 0.1) is 0 Å². The fourth-order valence-electron chi connectivity index (χ4n) is 3.99. The number of hydrogen-bond donors (Lipinski definition) is 2. The van der Waals surface area contributed by atoms with Crippen LogP contribution in [-0.2, 0) is 6.42 Å². The Balaban J connectivity index is 2.65. The Hall–Kier alpha value is -1.67. The van der Waals surface area contributed by atoms with E-state index in [9.17, 15) is 0 Å². The first-order valence-corrected chi connectivity index (χ1v) is 10.9. The van der Waals surface area contributed by atoms with Crippen LogP contribution < -0.4 is 11.5 Å². The zero-order valence-corrected chi connectivity index (χ0v) is 19.5. The van der Waals surface area contributed by atoms with E-state index >= 15 is 0 Å². The molecule has 0 spiro atoms. The van der Waals surface area contributed by atoms with E-state index in [1.165, 1.54) is 22.3 Å². The van der Waals surface area contributed by atoms with Gasteiger partial charge in [-0.05, 0) is 63.5 Å². The van der Waals surface area contributed by atoms with Crippen molar-refractivity contribution >= 4 is 23.0 Å². The number of hydrogen-bond acceptors (Lipinski definition) is 2. The molecule has 0 saturated heterocycles. The fourth-order valence-corrected chi connectivity index (χ4v) is 4.43. The van der Waals surface area contributed by atoms with Crippen LogP contribution in [0.25, 0.3) is 0 Å². The molecule has 0 aliphatic carbocycles. The summed E-state index contributed by atoms with van der Waals surface area (Å²) in [6.07, 6.45) is 0.790. The van der Waals surface area contributed by atoms with Gasteiger partial charge in [-0.1, -0.05) is 85.2 Å². The molecular formula is C25H37ClN2. The van der Waals surface area contributed by atoms with Gasteiger partial charge in [-0.25, -0.2) is 0 Å². The average molecular weight is 401 g/mol. The van der Waals surface area contributed by atoms with E-state index < -0.39 is 0 Å². The number of anilines is 2. The molecule has 0 aliphatic heterocycles. The molecule has 0 atom stereocenters. The van der Waals surface area contributed by atoms with E-state index in [4.69, 9.17) is 23.1 Å². The quantitative estimate of drug-likeness (QED) is 0.490. The summed E-state index contributed by atoms with van der Waals surface area (Å²) < 4.78 is 0. The summed E-state index contributed by atoms with van der Waals surface area (Å²) in [4.78, 5) is 0. The molecule has 4 N–H and O–H groups in total. The largest absolute Gasteiger partial charge is 0.398 e. The summed E-state index contributed by atoms with van der Waals surface area (Å²) in [7, 11) is 0. The standard InChI is InChI=1S/C25H37ClN2/c1-13(2)19-10-17(11-20(14(3)4)24(19)27)9-18-12-21(15(5)6)25(28)22(16(7)8)23(18)26/h10-16H,9,27-28H2,1-8H3.